The summed E-state index contributed by atoms with van der Waals surface area (Å²) in [5.74, 6) is 1.01. The van der Waals surface area contributed by atoms with Gasteiger partial charge in [-0.3, -0.25) is 0 Å². The molecule has 3 nitrogen and oxygen atoms in total. The first-order valence-electron chi connectivity index (χ1n) is 8.22. The summed E-state index contributed by atoms with van der Waals surface area (Å²) in [4.78, 5) is 0. The van der Waals surface area contributed by atoms with Crippen molar-refractivity contribution in [3.8, 4) is 0 Å². The number of rotatable bonds is 7. The van der Waals surface area contributed by atoms with E-state index in [4.69, 9.17) is 0 Å². The zero-order chi connectivity index (χ0) is 15.2. The Balaban J connectivity index is 1.76. The van der Waals surface area contributed by atoms with Crippen LogP contribution in [0.3, 0.4) is 0 Å². The average Bonchev–Trinajstić information content (AvgIpc) is 2.84. The zero-order valence-electron chi connectivity index (χ0n) is 13.3. The molecule has 0 saturated heterocycles. The Kier molecular flexibility index (Phi) is 6.22. The summed E-state index contributed by atoms with van der Waals surface area (Å²) in [5.41, 5.74) is 2.28. The molecule has 0 amide bonds. The lowest BCUT2D eigenvalue weighted by Gasteiger charge is -2.17. The third-order valence-electron chi connectivity index (χ3n) is 4.37. The fourth-order valence-electron chi connectivity index (χ4n) is 3.13. The van der Waals surface area contributed by atoms with Gasteiger partial charge in [0.1, 0.15) is 0 Å². The number of benzene rings is 1. The third-order valence-corrected chi connectivity index (χ3v) is 4.37. The molecule has 3 unspecified atom stereocenters. The topological polar surface area (TPSA) is 52.5 Å². The lowest BCUT2D eigenvalue weighted by atomic mass is 10.00. The van der Waals surface area contributed by atoms with Gasteiger partial charge < -0.3 is 15.5 Å². The average molecular weight is 291 g/mol. The molecule has 1 saturated carbocycles. The molecule has 118 valence electrons. The normalized spacial score (nSPS) is 23.7. The minimum absolute atomic E-state index is 0.162. The molecule has 1 aliphatic carbocycles. The first-order chi connectivity index (χ1) is 10.1. The van der Waals surface area contributed by atoms with Crippen molar-refractivity contribution in [2.75, 3.05) is 13.1 Å². The fourth-order valence-corrected chi connectivity index (χ4v) is 3.13. The first kappa shape index (κ1) is 16.5. The highest BCUT2D eigenvalue weighted by Gasteiger charge is 2.24. The van der Waals surface area contributed by atoms with Gasteiger partial charge in [0, 0.05) is 13.1 Å². The summed E-state index contributed by atoms with van der Waals surface area (Å²) in [7, 11) is 0. The number of hydrogen-bond acceptors (Lipinski definition) is 3. The molecule has 3 atom stereocenters. The van der Waals surface area contributed by atoms with Crippen LogP contribution in [0.5, 0.6) is 0 Å². The van der Waals surface area contributed by atoms with E-state index in [9.17, 15) is 10.2 Å². The van der Waals surface area contributed by atoms with Gasteiger partial charge in [-0.15, -0.1) is 0 Å². The Morgan fingerprint density at radius 2 is 1.90 bits per heavy atom. The van der Waals surface area contributed by atoms with Crippen molar-refractivity contribution in [2.24, 2.45) is 11.8 Å². The van der Waals surface area contributed by atoms with E-state index in [1.54, 1.807) is 0 Å². The van der Waals surface area contributed by atoms with E-state index in [1.165, 1.54) is 5.56 Å². The SMILES string of the molecule is CC(C)Cc1ccc(C(O)CNCC2CCCC2O)cc1. The van der Waals surface area contributed by atoms with Gasteiger partial charge >= 0.3 is 0 Å². The second-order valence-corrected chi connectivity index (χ2v) is 6.77. The second-order valence-electron chi connectivity index (χ2n) is 6.77. The van der Waals surface area contributed by atoms with Crippen LogP contribution < -0.4 is 5.32 Å². The minimum atomic E-state index is -0.475. The highest BCUT2D eigenvalue weighted by atomic mass is 16.3. The van der Waals surface area contributed by atoms with Crippen molar-refractivity contribution in [2.45, 2.75) is 51.7 Å². The fraction of sp³-hybridized carbons (Fsp3) is 0.667. The number of aliphatic hydroxyl groups excluding tert-OH is 2. The van der Waals surface area contributed by atoms with E-state index >= 15 is 0 Å². The standard InChI is InChI=1S/C18H29NO2/c1-13(2)10-14-6-8-15(9-7-14)18(21)12-19-11-16-4-3-5-17(16)20/h6-9,13,16-21H,3-5,10-12H2,1-2H3. The van der Waals surface area contributed by atoms with E-state index in [1.807, 2.05) is 12.1 Å². The summed E-state index contributed by atoms with van der Waals surface area (Å²) >= 11 is 0. The van der Waals surface area contributed by atoms with Crippen LogP contribution in [0.25, 0.3) is 0 Å². The van der Waals surface area contributed by atoms with Gasteiger partial charge in [0.2, 0.25) is 0 Å². The molecule has 0 heterocycles. The molecule has 0 radical (unpaired) electrons. The van der Waals surface area contributed by atoms with Gasteiger partial charge in [0.05, 0.1) is 12.2 Å². The maximum absolute atomic E-state index is 10.2. The lowest BCUT2D eigenvalue weighted by Crippen LogP contribution is -2.30. The van der Waals surface area contributed by atoms with Gasteiger partial charge in [0.15, 0.2) is 0 Å². The third kappa shape index (κ3) is 5.10. The molecule has 3 heteroatoms. The summed E-state index contributed by atoms with van der Waals surface area (Å²) in [6.07, 6.45) is 3.57. The van der Waals surface area contributed by atoms with Gasteiger partial charge in [0.25, 0.3) is 0 Å². The summed E-state index contributed by atoms with van der Waals surface area (Å²) in [5, 5.41) is 23.3. The second kappa shape index (κ2) is 7.92. The van der Waals surface area contributed by atoms with Crippen LogP contribution >= 0.6 is 0 Å². The van der Waals surface area contributed by atoms with Gasteiger partial charge in [-0.25, -0.2) is 0 Å². The molecule has 21 heavy (non-hydrogen) atoms. The van der Waals surface area contributed by atoms with Gasteiger partial charge in [-0.2, -0.15) is 0 Å². The highest BCUT2D eigenvalue weighted by Crippen LogP contribution is 2.24. The molecule has 1 aromatic carbocycles. The van der Waals surface area contributed by atoms with Crippen molar-refractivity contribution >= 4 is 0 Å². The van der Waals surface area contributed by atoms with E-state index in [2.05, 4.69) is 31.3 Å². The smallest absolute Gasteiger partial charge is 0.0914 e. The Morgan fingerprint density at radius 1 is 1.19 bits per heavy atom. The molecular weight excluding hydrogens is 262 g/mol. The molecule has 0 aliphatic heterocycles. The molecule has 2 rings (SSSR count). The lowest BCUT2D eigenvalue weighted by molar-refractivity contribution is 0.124. The molecule has 0 spiro atoms. The molecule has 0 aromatic heterocycles. The molecule has 1 fully saturated rings. The van der Waals surface area contributed by atoms with Crippen LogP contribution in [0.15, 0.2) is 24.3 Å². The molecule has 1 aromatic rings. The van der Waals surface area contributed by atoms with Crippen LogP contribution in [0, 0.1) is 11.8 Å². The zero-order valence-corrected chi connectivity index (χ0v) is 13.3. The van der Waals surface area contributed by atoms with E-state index < -0.39 is 6.10 Å². The van der Waals surface area contributed by atoms with E-state index in [-0.39, 0.29) is 6.10 Å². The number of hydrogen-bond donors (Lipinski definition) is 3. The molecule has 3 N–H and O–H groups in total. The highest BCUT2D eigenvalue weighted by molar-refractivity contribution is 5.24. The van der Waals surface area contributed by atoms with Crippen LogP contribution in [0.4, 0.5) is 0 Å². The predicted octanol–water partition coefficient (Wildman–Crippen LogP) is 2.67. The van der Waals surface area contributed by atoms with E-state index in [0.29, 0.717) is 18.4 Å². The summed E-state index contributed by atoms with van der Waals surface area (Å²) in [6.45, 7) is 5.77. The monoisotopic (exact) mass is 291 g/mol. The Labute approximate surface area is 128 Å². The quantitative estimate of drug-likeness (QED) is 0.724. The first-order valence-corrected chi connectivity index (χ1v) is 8.22. The van der Waals surface area contributed by atoms with Crippen molar-refractivity contribution in [1.82, 2.24) is 5.32 Å². The van der Waals surface area contributed by atoms with Crippen molar-refractivity contribution in [1.29, 1.82) is 0 Å². The van der Waals surface area contributed by atoms with E-state index in [0.717, 1.165) is 37.8 Å². The Bertz CT molecular complexity index is 416. The van der Waals surface area contributed by atoms with Gasteiger partial charge in [-0.05, 0) is 42.2 Å². The minimum Gasteiger partial charge on any atom is -0.393 e. The maximum Gasteiger partial charge on any atom is 0.0914 e. The van der Waals surface area contributed by atoms with Crippen LogP contribution in [0.1, 0.15) is 50.3 Å². The Hall–Kier alpha value is -0.900. The Morgan fingerprint density at radius 3 is 2.48 bits per heavy atom. The maximum atomic E-state index is 10.2. The van der Waals surface area contributed by atoms with Crippen molar-refractivity contribution < 1.29 is 10.2 Å². The molecular formula is C18H29NO2. The van der Waals surface area contributed by atoms with Crippen LogP contribution in [0.2, 0.25) is 0 Å². The van der Waals surface area contributed by atoms with Crippen LogP contribution in [-0.4, -0.2) is 29.4 Å². The number of aliphatic hydroxyl groups is 2. The molecule has 1 aliphatic rings. The largest absolute Gasteiger partial charge is 0.393 e. The number of nitrogens with one attached hydrogen (secondary N) is 1. The van der Waals surface area contributed by atoms with Gasteiger partial charge in [-0.1, -0.05) is 44.5 Å². The van der Waals surface area contributed by atoms with Crippen molar-refractivity contribution in [3.63, 3.8) is 0 Å². The predicted molar refractivity (Wildman–Crippen MR) is 86.2 cm³/mol. The molecule has 0 bridgehead atoms. The van der Waals surface area contributed by atoms with Crippen LogP contribution in [-0.2, 0) is 6.42 Å². The summed E-state index contributed by atoms with van der Waals surface area (Å²) in [6, 6.07) is 8.27. The summed E-state index contributed by atoms with van der Waals surface area (Å²) < 4.78 is 0. The van der Waals surface area contributed by atoms with Crippen molar-refractivity contribution in [3.05, 3.63) is 35.4 Å².